The van der Waals surface area contributed by atoms with Crippen LogP contribution in [0.2, 0.25) is 0 Å². The molecule has 0 radical (unpaired) electrons. The minimum Gasteiger partial charge on any atom is -0.366 e. The van der Waals surface area contributed by atoms with Crippen LogP contribution < -0.4 is 4.90 Å². The average molecular weight is 391 g/mol. The fraction of sp³-hybridized carbons (Fsp3) is 0.292. The number of anilines is 1. The Morgan fingerprint density at radius 1 is 0.931 bits per heavy atom. The van der Waals surface area contributed by atoms with E-state index in [1.165, 1.54) is 17.2 Å². The Morgan fingerprint density at radius 2 is 1.59 bits per heavy atom. The SMILES string of the molecule is Cc1ccccc1C(CC(=O)N1CCN(c2ccccc2F)CC1)n1cccc1. The Morgan fingerprint density at radius 3 is 2.28 bits per heavy atom. The van der Waals surface area contributed by atoms with Gasteiger partial charge < -0.3 is 14.4 Å². The van der Waals surface area contributed by atoms with Crippen LogP contribution in [0, 0.1) is 12.7 Å². The third kappa shape index (κ3) is 4.19. The van der Waals surface area contributed by atoms with Crippen LogP contribution in [0.4, 0.5) is 10.1 Å². The highest BCUT2D eigenvalue weighted by Crippen LogP contribution is 2.27. The van der Waals surface area contributed by atoms with Gasteiger partial charge in [0.05, 0.1) is 18.2 Å². The van der Waals surface area contributed by atoms with E-state index in [0.29, 0.717) is 38.3 Å². The Bertz CT molecular complexity index is 962. The maximum absolute atomic E-state index is 14.1. The number of nitrogens with zero attached hydrogens (tertiary/aromatic N) is 3. The number of amides is 1. The Hall–Kier alpha value is -3.08. The molecule has 1 saturated heterocycles. The molecule has 0 aliphatic carbocycles. The quantitative estimate of drug-likeness (QED) is 0.650. The molecule has 0 spiro atoms. The molecule has 1 aliphatic heterocycles. The van der Waals surface area contributed by atoms with Crippen LogP contribution in [0.1, 0.15) is 23.6 Å². The lowest BCUT2D eigenvalue weighted by atomic mass is 9.98. The lowest BCUT2D eigenvalue weighted by molar-refractivity contribution is -0.132. The van der Waals surface area contributed by atoms with E-state index in [2.05, 4.69) is 23.6 Å². The summed E-state index contributed by atoms with van der Waals surface area (Å²) in [6, 6.07) is 19.0. The molecular weight excluding hydrogens is 365 g/mol. The van der Waals surface area contributed by atoms with E-state index < -0.39 is 0 Å². The fourth-order valence-electron chi connectivity index (χ4n) is 4.09. The van der Waals surface area contributed by atoms with Crippen molar-refractivity contribution in [2.24, 2.45) is 0 Å². The molecular formula is C24H26FN3O. The second-order valence-electron chi connectivity index (χ2n) is 7.53. The summed E-state index contributed by atoms with van der Waals surface area (Å²) in [6.45, 7) is 4.60. The smallest absolute Gasteiger partial charge is 0.225 e. The van der Waals surface area contributed by atoms with Gasteiger partial charge in [0.15, 0.2) is 0 Å². The van der Waals surface area contributed by atoms with Gasteiger partial charge in [0.2, 0.25) is 5.91 Å². The Kier molecular flexibility index (Phi) is 5.65. The van der Waals surface area contributed by atoms with Crippen molar-refractivity contribution in [3.63, 3.8) is 0 Å². The van der Waals surface area contributed by atoms with Crippen molar-refractivity contribution in [1.82, 2.24) is 9.47 Å². The molecule has 150 valence electrons. The van der Waals surface area contributed by atoms with Crippen molar-refractivity contribution < 1.29 is 9.18 Å². The number of carbonyl (C=O) groups is 1. The normalized spacial score (nSPS) is 15.4. The predicted octanol–water partition coefficient (Wildman–Crippen LogP) is 4.26. The van der Waals surface area contributed by atoms with E-state index >= 15 is 0 Å². The van der Waals surface area contributed by atoms with Gasteiger partial charge in [-0.15, -0.1) is 0 Å². The standard InChI is InChI=1S/C24H26FN3O/c1-19-8-2-3-9-20(19)23(26-12-6-7-13-26)18-24(29)28-16-14-27(15-17-28)22-11-5-4-10-21(22)25/h2-13,23H,14-18H2,1H3. The van der Waals surface area contributed by atoms with Gasteiger partial charge in [-0.25, -0.2) is 4.39 Å². The summed E-state index contributed by atoms with van der Waals surface area (Å²) in [7, 11) is 0. The highest BCUT2D eigenvalue weighted by atomic mass is 19.1. The summed E-state index contributed by atoms with van der Waals surface area (Å²) in [4.78, 5) is 17.0. The van der Waals surface area contributed by atoms with Gasteiger partial charge in [-0.3, -0.25) is 4.79 Å². The fourth-order valence-corrected chi connectivity index (χ4v) is 4.09. The molecule has 5 heteroatoms. The van der Waals surface area contributed by atoms with Gasteiger partial charge >= 0.3 is 0 Å². The molecule has 1 fully saturated rings. The number of hydrogen-bond donors (Lipinski definition) is 0. The molecule has 1 aliphatic rings. The largest absolute Gasteiger partial charge is 0.366 e. The minimum absolute atomic E-state index is 0.0247. The van der Waals surface area contributed by atoms with Crippen molar-refractivity contribution in [2.75, 3.05) is 31.1 Å². The maximum Gasteiger partial charge on any atom is 0.225 e. The number of aromatic nitrogens is 1. The summed E-state index contributed by atoms with van der Waals surface area (Å²) in [5.41, 5.74) is 2.97. The first kappa shape index (κ1) is 19.2. The first-order chi connectivity index (χ1) is 14.1. The van der Waals surface area contributed by atoms with Crippen LogP contribution in [0.5, 0.6) is 0 Å². The molecule has 1 unspecified atom stereocenters. The molecule has 0 saturated carbocycles. The first-order valence-electron chi connectivity index (χ1n) is 10.1. The molecule has 3 aromatic rings. The minimum atomic E-state index is -0.209. The van der Waals surface area contributed by atoms with Crippen molar-refractivity contribution in [3.05, 3.63) is 90.0 Å². The van der Waals surface area contributed by atoms with E-state index in [-0.39, 0.29) is 17.8 Å². The second-order valence-corrected chi connectivity index (χ2v) is 7.53. The number of carbonyl (C=O) groups excluding carboxylic acids is 1. The van der Waals surface area contributed by atoms with Gasteiger partial charge in [0.25, 0.3) is 0 Å². The average Bonchev–Trinajstić information content (AvgIpc) is 3.28. The number of halogens is 1. The third-order valence-electron chi connectivity index (χ3n) is 5.73. The van der Waals surface area contributed by atoms with E-state index in [9.17, 15) is 9.18 Å². The van der Waals surface area contributed by atoms with E-state index in [1.807, 2.05) is 52.5 Å². The highest BCUT2D eigenvalue weighted by Gasteiger charge is 2.26. The molecule has 1 aromatic heterocycles. The van der Waals surface area contributed by atoms with Crippen LogP contribution in [0.25, 0.3) is 0 Å². The summed E-state index contributed by atoms with van der Waals surface area (Å²) in [5, 5.41) is 0. The monoisotopic (exact) mass is 391 g/mol. The number of benzene rings is 2. The van der Waals surface area contributed by atoms with Gasteiger partial charge in [0, 0.05) is 38.6 Å². The molecule has 29 heavy (non-hydrogen) atoms. The maximum atomic E-state index is 14.1. The lowest BCUT2D eigenvalue weighted by Crippen LogP contribution is -2.49. The van der Waals surface area contributed by atoms with Crippen LogP contribution in [0.15, 0.2) is 73.1 Å². The Balaban J connectivity index is 1.45. The zero-order valence-corrected chi connectivity index (χ0v) is 16.7. The van der Waals surface area contributed by atoms with Gasteiger partial charge in [-0.2, -0.15) is 0 Å². The van der Waals surface area contributed by atoms with E-state index in [4.69, 9.17) is 0 Å². The Labute approximate surface area is 171 Å². The number of para-hydroxylation sites is 1. The molecule has 1 amide bonds. The van der Waals surface area contributed by atoms with Crippen molar-refractivity contribution in [2.45, 2.75) is 19.4 Å². The number of aryl methyl sites for hydroxylation is 1. The van der Waals surface area contributed by atoms with E-state index in [1.54, 1.807) is 12.1 Å². The zero-order valence-electron chi connectivity index (χ0n) is 16.7. The molecule has 0 bridgehead atoms. The van der Waals surface area contributed by atoms with Crippen LogP contribution in [-0.2, 0) is 4.79 Å². The van der Waals surface area contributed by atoms with Crippen molar-refractivity contribution in [3.8, 4) is 0 Å². The summed E-state index contributed by atoms with van der Waals surface area (Å²) >= 11 is 0. The summed E-state index contributed by atoms with van der Waals surface area (Å²) in [6.07, 6.45) is 4.44. The molecule has 4 nitrogen and oxygen atoms in total. The van der Waals surface area contributed by atoms with Gasteiger partial charge in [-0.1, -0.05) is 36.4 Å². The molecule has 2 heterocycles. The van der Waals surface area contributed by atoms with Crippen LogP contribution in [-0.4, -0.2) is 41.6 Å². The predicted molar refractivity (Wildman–Crippen MR) is 114 cm³/mol. The summed E-state index contributed by atoms with van der Waals surface area (Å²) in [5.74, 6) is -0.0698. The summed E-state index contributed by atoms with van der Waals surface area (Å²) < 4.78 is 16.2. The number of hydrogen-bond acceptors (Lipinski definition) is 2. The highest BCUT2D eigenvalue weighted by molar-refractivity contribution is 5.77. The topological polar surface area (TPSA) is 28.5 Å². The van der Waals surface area contributed by atoms with Gasteiger partial charge in [0.1, 0.15) is 5.82 Å². The number of rotatable bonds is 5. The van der Waals surface area contributed by atoms with Crippen LogP contribution >= 0.6 is 0 Å². The molecule has 1 atom stereocenters. The van der Waals surface area contributed by atoms with Crippen LogP contribution in [0.3, 0.4) is 0 Å². The van der Waals surface area contributed by atoms with E-state index in [0.717, 1.165) is 0 Å². The molecule has 4 rings (SSSR count). The molecule has 2 aromatic carbocycles. The zero-order chi connectivity index (χ0) is 20.2. The van der Waals surface area contributed by atoms with Gasteiger partial charge in [-0.05, 0) is 42.3 Å². The first-order valence-corrected chi connectivity index (χ1v) is 10.1. The van der Waals surface area contributed by atoms with Crippen molar-refractivity contribution in [1.29, 1.82) is 0 Å². The van der Waals surface area contributed by atoms with Crippen molar-refractivity contribution >= 4 is 11.6 Å². The lowest BCUT2D eigenvalue weighted by Gasteiger charge is -2.37. The second kappa shape index (κ2) is 8.52. The third-order valence-corrected chi connectivity index (χ3v) is 5.73. The number of piperazine rings is 1. The molecule has 0 N–H and O–H groups in total.